The van der Waals surface area contributed by atoms with Crippen molar-refractivity contribution in [3.63, 3.8) is 0 Å². The first-order chi connectivity index (χ1) is 20.8. The van der Waals surface area contributed by atoms with E-state index in [9.17, 15) is 9.59 Å². The summed E-state index contributed by atoms with van der Waals surface area (Å²) in [4.78, 5) is 31.6. The van der Waals surface area contributed by atoms with Gasteiger partial charge in [0.2, 0.25) is 0 Å². The Morgan fingerprint density at radius 2 is 1.77 bits per heavy atom. The van der Waals surface area contributed by atoms with Crippen LogP contribution in [0.15, 0.2) is 82.2 Å². The molecule has 0 N–H and O–H groups in total. The molecule has 0 spiro atoms. The van der Waals surface area contributed by atoms with Crippen molar-refractivity contribution in [1.82, 2.24) is 4.57 Å². The van der Waals surface area contributed by atoms with Crippen molar-refractivity contribution in [2.45, 2.75) is 26.5 Å². The van der Waals surface area contributed by atoms with Crippen LogP contribution >= 0.6 is 45.5 Å². The molecule has 0 radical (unpaired) electrons. The maximum Gasteiger partial charge on any atom is 0.337 e. The van der Waals surface area contributed by atoms with Crippen LogP contribution in [0.4, 0.5) is 0 Å². The zero-order valence-electron chi connectivity index (χ0n) is 23.6. The van der Waals surface area contributed by atoms with E-state index in [1.54, 1.807) is 12.1 Å². The molecule has 0 fully saturated rings. The number of hydrogen-bond acceptors (Lipinski definition) is 8. The van der Waals surface area contributed by atoms with E-state index in [-0.39, 0.29) is 11.1 Å². The SMILES string of the molecule is CCOc1ccc([C@@H]2C(C(=O)OC)=CN=c3s/c(=C\c4ccc(OCc5ccccc5Cl)c(I)c4)c(=O)n32)cc1OCC. The fourth-order valence-electron chi connectivity index (χ4n) is 4.63. The van der Waals surface area contributed by atoms with Crippen LogP contribution in [0.5, 0.6) is 17.2 Å². The van der Waals surface area contributed by atoms with Crippen molar-refractivity contribution in [2.24, 2.45) is 4.99 Å². The molecule has 1 aliphatic rings. The highest BCUT2D eigenvalue weighted by Gasteiger charge is 2.31. The Kier molecular flexibility index (Phi) is 9.89. The molecule has 3 aromatic carbocycles. The van der Waals surface area contributed by atoms with Gasteiger partial charge < -0.3 is 18.9 Å². The summed E-state index contributed by atoms with van der Waals surface area (Å²) in [5.41, 5.74) is 2.35. The molecule has 0 aliphatic carbocycles. The van der Waals surface area contributed by atoms with Crippen LogP contribution in [-0.4, -0.2) is 30.9 Å². The number of carbonyl (C=O) groups excluding carboxylic acids is 1. The number of fused-ring (bicyclic) bond motifs is 1. The highest BCUT2D eigenvalue weighted by Crippen LogP contribution is 2.35. The maximum atomic E-state index is 13.9. The van der Waals surface area contributed by atoms with Crippen LogP contribution in [0, 0.1) is 3.57 Å². The highest BCUT2D eigenvalue weighted by molar-refractivity contribution is 14.1. The van der Waals surface area contributed by atoms with Crippen LogP contribution < -0.4 is 29.1 Å². The Morgan fingerprint density at radius 1 is 1.02 bits per heavy atom. The van der Waals surface area contributed by atoms with E-state index >= 15 is 0 Å². The lowest BCUT2D eigenvalue weighted by molar-refractivity contribution is -0.136. The fraction of sp³-hybridized carbons (Fsp3) is 0.219. The minimum absolute atomic E-state index is 0.239. The van der Waals surface area contributed by atoms with Crippen molar-refractivity contribution in [2.75, 3.05) is 20.3 Å². The number of nitrogens with zero attached hydrogens (tertiary/aromatic N) is 2. The first kappa shape index (κ1) is 30.8. The van der Waals surface area contributed by atoms with E-state index in [1.165, 1.54) is 29.2 Å². The third-order valence-corrected chi connectivity index (χ3v) is 8.81. The molecule has 0 saturated carbocycles. The molecular formula is C32H28ClIN2O6S. The van der Waals surface area contributed by atoms with Crippen LogP contribution in [0.25, 0.3) is 6.08 Å². The maximum absolute atomic E-state index is 13.9. The molecule has 4 aromatic rings. The van der Waals surface area contributed by atoms with Crippen LogP contribution in [0.3, 0.4) is 0 Å². The smallest absolute Gasteiger partial charge is 0.337 e. The standard InChI is InChI=1S/C32H28ClIN2O6S/c1-4-40-26-13-11-20(16-27(26)41-5-2)29-22(31(38)39-3)17-35-32-36(29)30(37)28(43-32)15-19-10-12-25(24(34)14-19)42-18-21-8-6-7-9-23(21)33/h6-17,29H,4-5,18H2,1-3H3/b28-15-/t29-/m1/s1. The molecule has 8 nitrogen and oxygen atoms in total. The predicted molar refractivity (Wildman–Crippen MR) is 175 cm³/mol. The lowest BCUT2D eigenvalue weighted by Gasteiger charge is -2.23. The number of thiazole rings is 1. The fourth-order valence-corrected chi connectivity index (χ4v) is 6.49. The Morgan fingerprint density at radius 3 is 2.49 bits per heavy atom. The third-order valence-electron chi connectivity index (χ3n) is 6.60. The van der Waals surface area contributed by atoms with Crippen molar-refractivity contribution in [3.05, 3.63) is 117 Å². The Hall–Kier alpha value is -3.61. The van der Waals surface area contributed by atoms with E-state index in [4.69, 9.17) is 30.5 Å². The second-order valence-corrected chi connectivity index (χ2v) is 11.9. The minimum Gasteiger partial charge on any atom is -0.490 e. The zero-order chi connectivity index (χ0) is 30.5. The van der Waals surface area contributed by atoms with E-state index in [0.29, 0.717) is 57.0 Å². The van der Waals surface area contributed by atoms with Gasteiger partial charge in [0.15, 0.2) is 16.3 Å². The Balaban J connectivity index is 1.52. The summed E-state index contributed by atoms with van der Waals surface area (Å²) < 4.78 is 25.5. The molecule has 222 valence electrons. The van der Waals surface area contributed by atoms with Gasteiger partial charge in [-0.2, -0.15) is 0 Å². The summed E-state index contributed by atoms with van der Waals surface area (Å²) in [5.74, 6) is 1.24. The summed E-state index contributed by atoms with van der Waals surface area (Å²) >= 11 is 9.72. The van der Waals surface area contributed by atoms with Gasteiger partial charge in [-0.3, -0.25) is 9.36 Å². The molecule has 0 bridgehead atoms. The summed E-state index contributed by atoms with van der Waals surface area (Å²) in [7, 11) is 1.30. The number of ether oxygens (including phenoxy) is 4. The molecule has 1 atom stereocenters. The van der Waals surface area contributed by atoms with Gasteiger partial charge in [0.05, 0.1) is 40.0 Å². The largest absolute Gasteiger partial charge is 0.490 e. The Bertz CT molecular complexity index is 1880. The first-order valence-corrected chi connectivity index (χ1v) is 15.8. The van der Waals surface area contributed by atoms with Crippen LogP contribution in [-0.2, 0) is 16.1 Å². The minimum atomic E-state index is -0.763. The molecule has 11 heteroatoms. The summed E-state index contributed by atoms with van der Waals surface area (Å²) in [6.45, 7) is 5.00. The van der Waals surface area contributed by atoms with Gasteiger partial charge in [-0.25, -0.2) is 9.79 Å². The summed E-state index contributed by atoms with van der Waals surface area (Å²) in [5, 5.41) is 0.650. The summed E-state index contributed by atoms with van der Waals surface area (Å²) in [6, 6.07) is 17.9. The van der Waals surface area contributed by atoms with Crippen molar-refractivity contribution >= 4 is 57.6 Å². The van der Waals surface area contributed by atoms with Gasteiger partial charge in [0, 0.05) is 16.8 Å². The van der Waals surface area contributed by atoms with Crippen LogP contribution in [0.1, 0.15) is 36.6 Å². The average Bonchev–Trinajstić information content (AvgIpc) is 3.32. The lowest BCUT2D eigenvalue weighted by atomic mass is 9.97. The number of esters is 1. The van der Waals surface area contributed by atoms with Gasteiger partial charge in [-0.15, -0.1) is 0 Å². The Labute approximate surface area is 271 Å². The molecular weight excluding hydrogens is 703 g/mol. The summed E-state index contributed by atoms with van der Waals surface area (Å²) in [6.07, 6.45) is 3.28. The predicted octanol–water partition coefficient (Wildman–Crippen LogP) is 5.65. The first-order valence-electron chi connectivity index (χ1n) is 13.5. The second kappa shape index (κ2) is 13.8. The number of methoxy groups -OCH3 is 1. The molecule has 0 unspecified atom stereocenters. The lowest BCUT2D eigenvalue weighted by Crippen LogP contribution is -2.39. The molecule has 0 amide bonds. The number of rotatable bonds is 10. The topological polar surface area (TPSA) is 88.4 Å². The van der Waals surface area contributed by atoms with Gasteiger partial charge in [-0.1, -0.05) is 53.3 Å². The van der Waals surface area contributed by atoms with E-state index < -0.39 is 12.0 Å². The molecule has 2 heterocycles. The third kappa shape index (κ3) is 6.66. The molecule has 1 aromatic heterocycles. The van der Waals surface area contributed by atoms with Gasteiger partial charge >= 0.3 is 5.97 Å². The molecule has 1 aliphatic heterocycles. The van der Waals surface area contributed by atoms with Crippen molar-refractivity contribution in [3.8, 4) is 17.2 Å². The molecule has 43 heavy (non-hydrogen) atoms. The number of halogens is 2. The highest BCUT2D eigenvalue weighted by atomic mass is 127. The molecule has 5 rings (SSSR count). The van der Waals surface area contributed by atoms with Gasteiger partial charge in [-0.05, 0) is 84.0 Å². The van der Waals surface area contributed by atoms with E-state index in [1.807, 2.05) is 68.5 Å². The average molecular weight is 731 g/mol. The van der Waals surface area contributed by atoms with Crippen molar-refractivity contribution in [1.29, 1.82) is 0 Å². The van der Waals surface area contributed by atoms with Crippen LogP contribution in [0.2, 0.25) is 5.02 Å². The quantitative estimate of drug-likeness (QED) is 0.155. The normalized spacial score (nSPS) is 14.4. The molecule has 0 saturated heterocycles. The van der Waals surface area contributed by atoms with Crippen molar-refractivity contribution < 1.29 is 23.7 Å². The second-order valence-electron chi connectivity index (χ2n) is 9.32. The zero-order valence-corrected chi connectivity index (χ0v) is 27.4. The number of hydrogen-bond donors (Lipinski definition) is 0. The number of benzene rings is 3. The van der Waals surface area contributed by atoms with E-state index in [0.717, 1.165) is 14.7 Å². The van der Waals surface area contributed by atoms with Gasteiger partial charge in [0.25, 0.3) is 5.56 Å². The number of carbonyl (C=O) groups is 1. The number of aromatic nitrogens is 1. The monoisotopic (exact) mass is 730 g/mol. The van der Waals surface area contributed by atoms with E-state index in [2.05, 4.69) is 27.6 Å². The van der Waals surface area contributed by atoms with Gasteiger partial charge in [0.1, 0.15) is 12.4 Å².